The summed E-state index contributed by atoms with van der Waals surface area (Å²) in [5, 5.41) is 3.17. The average molecular weight is 276 g/mol. The van der Waals surface area contributed by atoms with Gasteiger partial charge >= 0.3 is 0 Å². The zero-order chi connectivity index (χ0) is 14.2. The molecule has 2 heterocycles. The molecule has 5 nitrogen and oxygen atoms in total. The fourth-order valence-electron chi connectivity index (χ4n) is 2.42. The first-order valence-corrected chi connectivity index (χ1v) is 7.66. The molecule has 1 N–H and O–H groups in total. The highest BCUT2D eigenvalue weighted by Gasteiger charge is 2.18. The third kappa shape index (κ3) is 4.18. The first-order chi connectivity index (χ1) is 9.81. The van der Waals surface area contributed by atoms with Crippen LogP contribution < -0.4 is 5.32 Å². The maximum atomic E-state index is 12.5. The minimum atomic E-state index is 0.0135. The number of nitrogens with one attached hydrogen (secondary N) is 1. The number of amides is 1. The Morgan fingerprint density at radius 2 is 1.90 bits per heavy atom. The van der Waals surface area contributed by atoms with Gasteiger partial charge in [-0.25, -0.2) is 4.98 Å². The van der Waals surface area contributed by atoms with Gasteiger partial charge in [-0.1, -0.05) is 26.2 Å². The van der Waals surface area contributed by atoms with Crippen LogP contribution in [-0.4, -0.2) is 40.4 Å². The van der Waals surface area contributed by atoms with Gasteiger partial charge in [-0.05, 0) is 19.3 Å². The Morgan fingerprint density at radius 1 is 1.20 bits per heavy atom. The predicted molar refractivity (Wildman–Crippen MR) is 79.8 cm³/mol. The van der Waals surface area contributed by atoms with E-state index in [1.165, 1.54) is 19.3 Å². The molecule has 0 bridgehead atoms. The van der Waals surface area contributed by atoms with Crippen molar-refractivity contribution in [1.29, 1.82) is 0 Å². The van der Waals surface area contributed by atoms with Crippen molar-refractivity contribution >= 4 is 11.7 Å². The fourth-order valence-corrected chi connectivity index (χ4v) is 2.42. The molecule has 0 spiro atoms. The van der Waals surface area contributed by atoms with Crippen molar-refractivity contribution in [2.45, 2.75) is 45.4 Å². The lowest BCUT2D eigenvalue weighted by Crippen LogP contribution is -2.34. The third-order valence-electron chi connectivity index (χ3n) is 3.55. The third-order valence-corrected chi connectivity index (χ3v) is 3.55. The highest BCUT2D eigenvalue weighted by atomic mass is 16.2. The van der Waals surface area contributed by atoms with Crippen LogP contribution in [0.25, 0.3) is 0 Å². The van der Waals surface area contributed by atoms with E-state index in [1.807, 2.05) is 4.90 Å². The Kier molecular flexibility index (Phi) is 5.77. The second-order valence-electron chi connectivity index (χ2n) is 5.28. The molecule has 0 radical (unpaired) electrons. The van der Waals surface area contributed by atoms with Crippen molar-refractivity contribution in [2.75, 3.05) is 25.0 Å². The van der Waals surface area contributed by atoms with Gasteiger partial charge in [0.2, 0.25) is 0 Å². The topological polar surface area (TPSA) is 58.1 Å². The van der Waals surface area contributed by atoms with E-state index in [1.54, 1.807) is 12.4 Å². The summed E-state index contributed by atoms with van der Waals surface area (Å²) >= 11 is 0. The predicted octanol–water partition coefficient (Wildman–Crippen LogP) is 2.70. The number of hydrogen-bond donors (Lipinski definition) is 1. The Morgan fingerprint density at radius 3 is 2.60 bits per heavy atom. The Bertz CT molecular complexity index is 428. The van der Waals surface area contributed by atoms with Gasteiger partial charge in [0.25, 0.3) is 5.91 Å². The highest BCUT2D eigenvalue weighted by molar-refractivity contribution is 5.92. The first kappa shape index (κ1) is 14.8. The molecule has 1 aromatic rings. The van der Waals surface area contributed by atoms with Gasteiger partial charge in [0.05, 0.1) is 12.4 Å². The van der Waals surface area contributed by atoms with Crippen molar-refractivity contribution in [1.82, 2.24) is 14.9 Å². The summed E-state index contributed by atoms with van der Waals surface area (Å²) in [5.41, 5.74) is 0.451. The molecule has 1 aliphatic rings. The summed E-state index contributed by atoms with van der Waals surface area (Å²) in [7, 11) is 0. The number of anilines is 1. The standard InChI is InChI=1S/C15H24N4O/c1-2-8-17-14-12-16-11-13(18-14)15(20)19-9-6-4-3-5-7-10-19/h11-12H,2-10H2,1H3,(H,17,18). The SMILES string of the molecule is CCCNc1cncc(C(=O)N2CCCCCCC2)n1. The van der Waals surface area contributed by atoms with Crippen LogP contribution in [0.4, 0.5) is 5.82 Å². The smallest absolute Gasteiger partial charge is 0.274 e. The lowest BCUT2D eigenvalue weighted by molar-refractivity contribution is 0.0736. The van der Waals surface area contributed by atoms with Gasteiger partial charge in [-0.15, -0.1) is 0 Å². The van der Waals surface area contributed by atoms with Crippen molar-refractivity contribution < 1.29 is 4.79 Å². The molecule has 1 amide bonds. The van der Waals surface area contributed by atoms with Crippen molar-refractivity contribution in [3.63, 3.8) is 0 Å². The van der Waals surface area contributed by atoms with Gasteiger partial charge in [-0.2, -0.15) is 0 Å². The molecule has 0 unspecified atom stereocenters. The fraction of sp³-hybridized carbons (Fsp3) is 0.667. The summed E-state index contributed by atoms with van der Waals surface area (Å²) in [6.45, 7) is 4.62. The summed E-state index contributed by atoms with van der Waals surface area (Å²) in [6, 6.07) is 0. The summed E-state index contributed by atoms with van der Waals surface area (Å²) < 4.78 is 0. The molecular formula is C15H24N4O. The Labute approximate surface area is 120 Å². The second-order valence-corrected chi connectivity index (χ2v) is 5.28. The van der Waals surface area contributed by atoms with Crippen LogP contribution in [0.3, 0.4) is 0 Å². The zero-order valence-corrected chi connectivity index (χ0v) is 12.3. The van der Waals surface area contributed by atoms with Crippen LogP contribution in [0.2, 0.25) is 0 Å². The van der Waals surface area contributed by atoms with E-state index < -0.39 is 0 Å². The molecule has 0 saturated carbocycles. The Balaban J connectivity index is 2.02. The van der Waals surface area contributed by atoms with E-state index in [2.05, 4.69) is 22.2 Å². The summed E-state index contributed by atoms with van der Waals surface area (Å²) in [4.78, 5) is 22.9. The number of carbonyl (C=O) groups is 1. The van der Waals surface area contributed by atoms with Crippen molar-refractivity contribution in [2.24, 2.45) is 0 Å². The Hall–Kier alpha value is -1.65. The summed E-state index contributed by atoms with van der Waals surface area (Å²) in [5.74, 6) is 0.698. The maximum Gasteiger partial charge on any atom is 0.274 e. The molecule has 5 heteroatoms. The van der Waals surface area contributed by atoms with E-state index in [9.17, 15) is 4.79 Å². The van der Waals surface area contributed by atoms with E-state index in [0.717, 1.165) is 38.9 Å². The molecule has 1 fully saturated rings. The minimum Gasteiger partial charge on any atom is -0.369 e. The van der Waals surface area contributed by atoms with Crippen molar-refractivity contribution in [3.05, 3.63) is 18.1 Å². The average Bonchev–Trinajstić information content (AvgIpc) is 2.44. The molecule has 0 aliphatic carbocycles. The number of nitrogens with zero attached hydrogens (tertiary/aromatic N) is 3. The van der Waals surface area contributed by atoms with Crippen LogP contribution in [-0.2, 0) is 0 Å². The largest absolute Gasteiger partial charge is 0.369 e. The number of carbonyl (C=O) groups excluding carboxylic acids is 1. The lowest BCUT2D eigenvalue weighted by atomic mass is 10.1. The normalized spacial score (nSPS) is 16.4. The van der Waals surface area contributed by atoms with Crippen LogP contribution in [0.15, 0.2) is 12.4 Å². The molecule has 1 aliphatic heterocycles. The quantitative estimate of drug-likeness (QED) is 0.918. The van der Waals surface area contributed by atoms with Crippen LogP contribution in [0, 0.1) is 0 Å². The van der Waals surface area contributed by atoms with E-state index >= 15 is 0 Å². The zero-order valence-electron chi connectivity index (χ0n) is 12.3. The van der Waals surface area contributed by atoms with E-state index in [-0.39, 0.29) is 5.91 Å². The van der Waals surface area contributed by atoms with Crippen LogP contribution >= 0.6 is 0 Å². The number of rotatable bonds is 4. The van der Waals surface area contributed by atoms with Crippen molar-refractivity contribution in [3.8, 4) is 0 Å². The maximum absolute atomic E-state index is 12.5. The van der Waals surface area contributed by atoms with Gasteiger partial charge < -0.3 is 10.2 Å². The molecule has 1 saturated heterocycles. The number of aromatic nitrogens is 2. The molecule has 20 heavy (non-hydrogen) atoms. The van der Waals surface area contributed by atoms with Gasteiger partial charge in [-0.3, -0.25) is 9.78 Å². The molecule has 2 rings (SSSR count). The van der Waals surface area contributed by atoms with Gasteiger partial charge in [0.15, 0.2) is 0 Å². The second kappa shape index (κ2) is 7.82. The summed E-state index contributed by atoms with van der Waals surface area (Å²) in [6.07, 6.45) is 10.2. The van der Waals surface area contributed by atoms with E-state index in [4.69, 9.17) is 0 Å². The molecule has 110 valence electrons. The minimum absolute atomic E-state index is 0.0135. The van der Waals surface area contributed by atoms with Gasteiger partial charge in [0, 0.05) is 19.6 Å². The lowest BCUT2D eigenvalue weighted by Gasteiger charge is -2.24. The first-order valence-electron chi connectivity index (χ1n) is 7.66. The monoisotopic (exact) mass is 276 g/mol. The van der Waals surface area contributed by atoms with Gasteiger partial charge in [0.1, 0.15) is 11.5 Å². The number of hydrogen-bond acceptors (Lipinski definition) is 4. The molecule has 1 aromatic heterocycles. The van der Waals surface area contributed by atoms with Crippen LogP contribution in [0.1, 0.15) is 55.9 Å². The molecule has 0 aromatic carbocycles. The van der Waals surface area contributed by atoms with E-state index in [0.29, 0.717) is 11.5 Å². The molecule has 0 atom stereocenters. The number of likely N-dealkylation sites (tertiary alicyclic amines) is 1. The molecular weight excluding hydrogens is 252 g/mol. The van der Waals surface area contributed by atoms with Crippen LogP contribution in [0.5, 0.6) is 0 Å². The highest BCUT2D eigenvalue weighted by Crippen LogP contribution is 2.13.